The highest BCUT2D eigenvalue weighted by Crippen LogP contribution is 2.44. The Labute approximate surface area is 193 Å². The Hall–Kier alpha value is -2.58. The minimum atomic E-state index is -0.320. The van der Waals surface area contributed by atoms with Gasteiger partial charge < -0.3 is 23.9 Å². The zero-order valence-corrected chi connectivity index (χ0v) is 19.4. The second kappa shape index (κ2) is 8.65. The van der Waals surface area contributed by atoms with E-state index >= 15 is 0 Å². The molecular formula is C25H32N2O6. The van der Waals surface area contributed by atoms with Crippen molar-refractivity contribution in [3.63, 3.8) is 0 Å². The van der Waals surface area contributed by atoms with E-state index in [1.165, 1.54) is 0 Å². The van der Waals surface area contributed by atoms with Gasteiger partial charge >= 0.3 is 5.63 Å². The lowest BCUT2D eigenvalue weighted by Crippen LogP contribution is -2.50. The number of fused-ring (bicyclic) bond motifs is 5. The van der Waals surface area contributed by atoms with E-state index in [9.17, 15) is 9.59 Å². The van der Waals surface area contributed by atoms with Crippen LogP contribution in [0.4, 0.5) is 0 Å². The van der Waals surface area contributed by atoms with Gasteiger partial charge in [-0.2, -0.15) is 0 Å². The lowest BCUT2D eigenvalue weighted by Gasteiger charge is -2.34. The van der Waals surface area contributed by atoms with Crippen LogP contribution in [0.25, 0.3) is 11.0 Å². The molecule has 5 rings (SSSR count). The van der Waals surface area contributed by atoms with Crippen molar-refractivity contribution in [2.45, 2.75) is 51.6 Å². The van der Waals surface area contributed by atoms with E-state index < -0.39 is 0 Å². The van der Waals surface area contributed by atoms with Crippen LogP contribution in [0.2, 0.25) is 0 Å². The largest absolute Gasteiger partial charge is 0.487 e. The summed E-state index contributed by atoms with van der Waals surface area (Å²) in [4.78, 5) is 29.5. The van der Waals surface area contributed by atoms with Crippen molar-refractivity contribution in [3.05, 3.63) is 33.2 Å². The Morgan fingerprint density at radius 2 is 1.88 bits per heavy atom. The smallest absolute Gasteiger partial charge is 0.339 e. The summed E-state index contributed by atoms with van der Waals surface area (Å²) in [6.45, 7) is 7.49. The molecule has 1 fully saturated rings. The molecule has 2 aliphatic heterocycles. The summed E-state index contributed by atoms with van der Waals surface area (Å²) in [5.41, 5.74) is 2.60. The number of aliphatic hydroxyl groups is 1. The lowest BCUT2D eigenvalue weighted by atomic mass is 9.91. The molecular weight excluding hydrogens is 424 g/mol. The van der Waals surface area contributed by atoms with Crippen LogP contribution in [-0.2, 0) is 24.1 Å². The number of β-amino-alcohol motifs (C(OH)–C–C–N with tert-alkyl or cyclic N) is 1. The molecule has 1 saturated heterocycles. The number of carbonyl (C=O) groups is 1. The van der Waals surface area contributed by atoms with Crippen molar-refractivity contribution in [1.29, 1.82) is 0 Å². The van der Waals surface area contributed by atoms with E-state index in [1.807, 2.05) is 19.9 Å². The van der Waals surface area contributed by atoms with Gasteiger partial charge in [0.15, 0.2) is 6.61 Å². The molecule has 0 bridgehead atoms. The number of nitrogens with zero attached hydrogens (tertiary/aromatic N) is 2. The number of hydrogen-bond donors (Lipinski definition) is 1. The van der Waals surface area contributed by atoms with Gasteiger partial charge in [0.25, 0.3) is 5.91 Å². The second-order valence-electron chi connectivity index (χ2n) is 9.85. The standard InChI is InChI=1S/C25H32N2O6/c1-25(2)7-6-18-19(33-25)14-20(22-16-4-3-5-17(16)24(30)32-23(18)22)31-15-21(29)27-10-8-26(9-11-27)12-13-28/h14,28H,3-13,15H2,1-2H3. The monoisotopic (exact) mass is 456 g/mol. The zero-order valence-electron chi connectivity index (χ0n) is 19.4. The van der Waals surface area contributed by atoms with Gasteiger partial charge in [-0.1, -0.05) is 0 Å². The van der Waals surface area contributed by atoms with E-state index in [0.717, 1.165) is 60.8 Å². The summed E-state index contributed by atoms with van der Waals surface area (Å²) in [6, 6.07) is 1.88. The normalized spacial score (nSPS) is 19.8. The van der Waals surface area contributed by atoms with Gasteiger partial charge in [0.1, 0.15) is 22.7 Å². The molecule has 0 atom stereocenters. The molecule has 1 aliphatic carbocycles. The van der Waals surface area contributed by atoms with E-state index in [1.54, 1.807) is 4.90 Å². The van der Waals surface area contributed by atoms with Crippen molar-refractivity contribution in [2.75, 3.05) is 45.9 Å². The molecule has 1 N–H and O–H groups in total. The Morgan fingerprint density at radius 3 is 2.64 bits per heavy atom. The summed E-state index contributed by atoms with van der Waals surface area (Å²) >= 11 is 0. The maximum absolute atomic E-state index is 12.9. The van der Waals surface area contributed by atoms with E-state index in [2.05, 4.69) is 4.90 Å². The molecule has 3 aliphatic rings. The van der Waals surface area contributed by atoms with Crippen molar-refractivity contribution < 1.29 is 23.8 Å². The molecule has 1 aromatic heterocycles. The lowest BCUT2D eigenvalue weighted by molar-refractivity contribution is -0.135. The van der Waals surface area contributed by atoms with Crippen LogP contribution in [0.15, 0.2) is 15.3 Å². The van der Waals surface area contributed by atoms with Crippen molar-refractivity contribution in [3.8, 4) is 11.5 Å². The highest BCUT2D eigenvalue weighted by molar-refractivity contribution is 5.93. The van der Waals surface area contributed by atoms with Crippen LogP contribution in [0, 0.1) is 0 Å². The quantitative estimate of drug-likeness (QED) is 0.687. The third-order valence-corrected chi connectivity index (χ3v) is 7.12. The second-order valence-corrected chi connectivity index (χ2v) is 9.85. The predicted molar refractivity (Wildman–Crippen MR) is 123 cm³/mol. The number of aliphatic hydroxyl groups excluding tert-OH is 1. The van der Waals surface area contributed by atoms with Gasteiger partial charge in [-0.3, -0.25) is 9.69 Å². The molecule has 0 radical (unpaired) electrons. The molecule has 8 nitrogen and oxygen atoms in total. The first-order chi connectivity index (χ1) is 15.9. The fraction of sp³-hybridized carbons (Fsp3) is 0.600. The third kappa shape index (κ3) is 4.22. The average Bonchev–Trinajstić information content (AvgIpc) is 3.28. The van der Waals surface area contributed by atoms with Crippen LogP contribution in [0.5, 0.6) is 11.5 Å². The molecule has 33 heavy (non-hydrogen) atoms. The number of hydrogen-bond acceptors (Lipinski definition) is 7. The highest BCUT2D eigenvalue weighted by Gasteiger charge is 2.32. The number of aryl methyl sites for hydroxylation is 2. The predicted octanol–water partition coefficient (Wildman–Crippen LogP) is 1.90. The number of carbonyl (C=O) groups excluding carboxylic acids is 1. The van der Waals surface area contributed by atoms with Crippen LogP contribution < -0.4 is 15.1 Å². The zero-order chi connectivity index (χ0) is 23.2. The van der Waals surface area contributed by atoms with Crippen LogP contribution in [0.1, 0.15) is 43.4 Å². The Balaban J connectivity index is 1.45. The number of ether oxygens (including phenoxy) is 2. The van der Waals surface area contributed by atoms with Gasteiger partial charge in [-0.05, 0) is 51.5 Å². The third-order valence-electron chi connectivity index (χ3n) is 7.12. The van der Waals surface area contributed by atoms with Gasteiger partial charge in [0.2, 0.25) is 0 Å². The molecule has 8 heteroatoms. The highest BCUT2D eigenvalue weighted by atomic mass is 16.5. The summed E-state index contributed by atoms with van der Waals surface area (Å²) in [5, 5.41) is 9.93. The SMILES string of the molecule is CC1(C)CCc2c(cc(OCC(=O)N3CCN(CCO)CC3)c3c4c(c(=O)oc23)CCC4)O1. The maximum atomic E-state index is 12.9. The van der Waals surface area contributed by atoms with Gasteiger partial charge in [-0.15, -0.1) is 0 Å². The van der Waals surface area contributed by atoms with E-state index in [4.69, 9.17) is 19.0 Å². The topological polar surface area (TPSA) is 92.5 Å². The van der Waals surface area contributed by atoms with E-state index in [0.29, 0.717) is 43.1 Å². The summed E-state index contributed by atoms with van der Waals surface area (Å²) in [6.07, 6.45) is 4.02. The molecule has 2 aromatic rings. The van der Waals surface area contributed by atoms with Gasteiger partial charge in [0.05, 0.1) is 12.0 Å². The summed E-state index contributed by atoms with van der Waals surface area (Å²) < 4.78 is 18.2. The minimum Gasteiger partial charge on any atom is -0.487 e. The van der Waals surface area contributed by atoms with Crippen molar-refractivity contribution in [1.82, 2.24) is 9.80 Å². The van der Waals surface area contributed by atoms with Crippen LogP contribution >= 0.6 is 0 Å². The maximum Gasteiger partial charge on any atom is 0.339 e. The Kier molecular flexibility index (Phi) is 5.82. The summed E-state index contributed by atoms with van der Waals surface area (Å²) in [7, 11) is 0. The number of amides is 1. The average molecular weight is 457 g/mol. The minimum absolute atomic E-state index is 0.0696. The van der Waals surface area contributed by atoms with E-state index in [-0.39, 0.29) is 30.3 Å². The molecule has 3 heterocycles. The first kappa shape index (κ1) is 22.2. The van der Waals surface area contributed by atoms with Crippen molar-refractivity contribution in [2.24, 2.45) is 0 Å². The first-order valence-electron chi connectivity index (χ1n) is 11.9. The number of rotatable bonds is 5. The van der Waals surface area contributed by atoms with Crippen molar-refractivity contribution >= 4 is 16.9 Å². The molecule has 1 aromatic carbocycles. The first-order valence-corrected chi connectivity index (χ1v) is 11.9. The molecule has 0 spiro atoms. The van der Waals surface area contributed by atoms with Crippen LogP contribution in [-0.4, -0.2) is 72.4 Å². The van der Waals surface area contributed by atoms with Gasteiger partial charge in [-0.25, -0.2) is 4.79 Å². The van der Waals surface area contributed by atoms with Crippen LogP contribution in [0.3, 0.4) is 0 Å². The van der Waals surface area contributed by atoms with Gasteiger partial charge in [0, 0.05) is 49.9 Å². The molecule has 1 amide bonds. The Bertz CT molecular complexity index is 1130. The molecule has 0 unspecified atom stereocenters. The number of benzene rings is 1. The Morgan fingerprint density at radius 1 is 1.12 bits per heavy atom. The number of piperazine rings is 1. The summed E-state index contributed by atoms with van der Waals surface area (Å²) in [5.74, 6) is 1.15. The molecule has 0 saturated carbocycles. The fourth-order valence-corrected chi connectivity index (χ4v) is 5.26. The molecule has 178 valence electrons. The fourth-order valence-electron chi connectivity index (χ4n) is 5.26.